The molecule has 0 spiro atoms. The lowest BCUT2D eigenvalue weighted by Crippen LogP contribution is -2.48. The third-order valence-corrected chi connectivity index (χ3v) is 5.14. The molecule has 0 atom stereocenters. The van der Waals surface area contributed by atoms with Gasteiger partial charge in [-0.3, -0.25) is 14.3 Å². The number of piperazine rings is 1. The van der Waals surface area contributed by atoms with E-state index in [9.17, 15) is 4.79 Å². The molecule has 1 saturated heterocycles. The van der Waals surface area contributed by atoms with Crippen molar-refractivity contribution in [1.29, 1.82) is 0 Å². The quantitative estimate of drug-likeness (QED) is 0.645. The molecular formula is C22H23N7O. The van der Waals surface area contributed by atoms with Gasteiger partial charge >= 0.3 is 0 Å². The van der Waals surface area contributed by atoms with Gasteiger partial charge in [0.2, 0.25) is 5.95 Å². The Morgan fingerprint density at radius 1 is 1.00 bits per heavy atom. The zero-order valence-electron chi connectivity index (χ0n) is 17.0. The maximum absolute atomic E-state index is 12.0. The molecule has 30 heavy (non-hydrogen) atoms. The van der Waals surface area contributed by atoms with E-state index in [1.54, 1.807) is 36.1 Å². The number of anilines is 3. The fourth-order valence-corrected chi connectivity index (χ4v) is 3.54. The summed E-state index contributed by atoms with van der Waals surface area (Å²) in [6, 6.07) is 9.10. The van der Waals surface area contributed by atoms with E-state index in [4.69, 9.17) is 5.73 Å². The highest BCUT2D eigenvalue weighted by molar-refractivity contribution is 5.61. The lowest BCUT2D eigenvalue weighted by atomic mass is 10.1. The summed E-state index contributed by atoms with van der Waals surface area (Å²) in [4.78, 5) is 29.2. The molecule has 0 unspecified atom stereocenters. The first-order valence-corrected chi connectivity index (χ1v) is 9.75. The molecule has 0 saturated carbocycles. The van der Waals surface area contributed by atoms with Crippen molar-refractivity contribution in [3.63, 3.8) is 0 Å². The molecule has 8 nitrogen and oxygen atoms in total. The Bertz CT molecular complexity index is 1170. The molecule has 2 N–H and O–H groups in total. The predicted molar refractivity (Wildman–Crippen MR) is 118 cm³/mol. The summed E-state index contributed by atoms with van der Waals surface area (Å²) in [6.07, 6.45) is 3.44. The molecule has 1 aliphatic rings. The molecule has 4 heterocycles. The van der Waals surface area contributed by atoms with Crippen LogP contribution in [-0.2, 0) is 7.05 Å². The minimum Gasteiger partial charge on any atom is -0.368 e. The van der Waals surface area contributed by atoms with E-state index in [1.165, 1.54) is 0 Å². The van der Waals surface area contributed by atoms with Crippen molar-refractivity contribution in [3.8, 4) is 11.8 Å². The number of nitrogens with zero attached hydrogens (tertiary/aromatic N) is 6. The molecule has 0 aromatic carbocycles. The van der Waals surface area contributed by atoms with Gasteiger partial charge in [-0.15, -0.1) is 0 Å². The van der Waals surface area contributed by atoms with Crippen LogP contribution in [0.1, 0.15) is 16.8 Å². The molecule has 152 valence electrons. The minimum atomic E-state index is -0.0120. The largest absolute Gasteiger partial charge is 0.368 e. The van der Waals surface area contributed by atoms with Crippen LogP contribution in [0.5, 0.6) is 0 Å². The zero-order chi connectivity index (χ0) is 21.1. The Labute approximate surface area is 175 Å². The van der Waals surface area contributed by atoms with Gasteiger partial charge in [-0.1, -0.05) is 17.9 Å². The standard InChI is InChI=1S/C22H23N7O/c1-16-18(9-8-17-5-4-10-24-15-17)21(26-22(23)25-16)29-13-11-28(12-14-29)19-6-3-7-20(30)27(19)2/h3-7,10,15H,11-14H2,1-2H3,(H2,23,25,26). The number of rotatable bonds is 2. The number of hydrogen-bond donors (Lipinski definition) is 1. The fourth-order valence-electron chi connectivity index (χ4n) is 3.54. The lowest BCUT2D eigenvalue weighted by molar-refractivity contribution is 0.626. The zero-order valence-corrected chi connectivity index (χ0v) is 17.0. The first-order valence-electron chi connectivity index (χ1n) is 9.75. The molecular weight excluding hydrogens is 378 g/mol. The third-order valence-electron chi connectivity index (χ3n) is 5.14. The van der Waals surface area contributed by atoms with Crippen molar-refractivity contribution in [3.05, 3.63) is 69.9 Å². The topological polar surface area (TPSA) is 93.2 Å². The Morgan fingerprint density at radius 2 is 1.77 bits per heavy atom. The van der Waals surface area contributed by atoms with Crippen LogP contribution >= 0.6 is 0 Å². The van der Waals surface area contributed by atoms with Gasteiger partial charge in [0.1, 0.15) is 11.6 Å². The summed E-state index contributed by atoms with van der Waals surface area (Å²) in [5, 5.41) is 0. The molecule has 4 rings (SSSR count). The summed E-state index contributed by atoms with van der Waals surface area (Å²) >= 11 is 0. The van der Waals surface area contributed by atoms with Crippen LogP contribution in [0.25, 0.3) is 0 Å². The lowest BCUT2D eigenvalue weighted by Gasteiger charge is -2.37. The van der Waals surface area contributed by atoms with Crippen LogP contribution in [0.15, 0.2) is 47.5 Å². The van der Waals surface area contributed by atoms with Crippen LogP contribution in [0.3, 0.4) is 0 Å². The van der Waals surface area contributed by atoms with E-state index >= 15 is 0 Å². The molecule has 3 aromatic heterocycles. The van der Waals surface area contributed by atoms with E-state index in [0.717, 1.165) is 54.6 Å². The molecule has 0 aliphatic carbocycles. The Morgan fingerprint density at radius 3 is 2.50 bits per heavy atom. The second kappa shape index (κ2) is 8.25. The van der Waals surface area contributed by atoms with Gasteiger partial charge in [-0.2, -0.15) is 4.98 Å². The molecule has 8 heteroatoms. The molecule has 0 amide bonds. The average molecular weight is 401 g/mol. The summed E-state index contributed by atoms with van der Waals surface area (Å²) in [7, 11) is 1.80. The summed E-state index contributed by atoms with van der Waals surface area (Å²) in [5.41, 5.74) is 8.28. The minimum absolute atomic E-state index is 0.0120. The first kappa shape index (κ1) is 19.5. The Kier molecular flexibility index (Phi) is 5.35. The van der Waals surface area contributed by atoms with Gasteiger partial charge < -0.3 is 15.5 Å². The van der Waals surface area contributed by atoms with Crippen molar-refractivity contribution < 1.29 is 0 Å². The van der Waals surface area contributed by atoms with Gasteiger partial charge in [0.15, 0.2) is 0 Å². The van der Waals surface area contributed by atoms with Crippen LogP contribution in [0.4, 0.5) is 17.6 Å². The summed E-state index contributed by atoms with van der Waals surface area (Å²) in [5.74, 6) is 8.25. The van der Waals surface area contributed by atoms with Crippen LogP contribution < -0.4 is 21.1 Å². The van der Waals surface area contributed by atoms with E-state index in [0.29, 0.717) is 0 Å². The number of aromatic nitrogens is 4. The van der Waals surface area contributed by atoms with Gasteiger partial charge in [0.05, 0.1) is 11.3 Å². The first-order chi connectivity index (χ1) is 14.5. The van der Waals surface area contributed by atoms with E-state index in [1.807, 2.05) is 25.1 Å². The van der Waals surface area contributed by atoms with Crippen LogP contribution in [0.2, 0.25) is 0 Å². The normalized spacial score (nSPS) is 13.7. The molecule has 3 aromatic rings. The number of aryl methyl sites for hydroxylation is 1. The van der Waals surface area contributed by atoms with Crippen molar-refractivity contribution in [1.82, 2.24) is 19.5 Å². The van der Waals surface area contributed by atoms with Crippen LogP contribution in [0, 0.1) is 18.8 Å². The summed E-state index contributed by atoms with van der Waals surface area (Å²) < 4.78 is 1.67. The molecule has 0 bridgehead atoms. The average Bonchev–Trinajstić information content (AvgIpc) is 2.75. The van der Waals surface area contributed by atoms with Crippen molar-refractivity contribution in [2.24, 2.45) is 7.05 Å². The van der Waals surface area contributed by atoms with Crippen molar-refractivity contribution in [2.75, 3.05) is 41.7 Å². The predicted octanol–water partition coefficient (Wildman–Crippen LogP) is 1.19. The molecule has 0 radical (unpaired) electrons. The van der Waals surface area contributed by atoms with Gasteiger partial charge in [-0.05, 0) is 25.1 Å². The maximum atomic E-state index is 12.0. The monoisotopic (exact) mass is 401 g/mol. The Balaban J connectivity index is 1.60. The smallest absolute Gasteiger partial charge is 0.251 e. The van der Waals surface area contributed by atoms with E-state index in [-0.39, 0.29) is 11.5 Å². The maximum Gasteiger partial charge on any atom is 0.251 e. The highest BCUT2D eigenvalue weighted by Crippen LogP contribution is 2.23. The van der Waals surface area contributed by atoms with E-state index < -0.39 is 0 Å². The molecule has 1 aliphatic heterocycles. The van der Waals surface area contributed by atoms with Crippen molar-refractivity contribution >= 4 is 17.6 Å². The SMILES string of the molecule is Cc1nc(N)nc(N2CCN(c3cccc(=O)n3C)CC2)c1C#Cc1cccnc1. The number of nitrogen functional groups attached to an aromatic ring is 1. The van der Waals surface area contributed by atoms with Crippen LogP contribution in [-0.4, -0.2) is 45.7 Å². The third kappa shape index (κ3) is 3.96. The highest BCUT2D eigenvalue weighted by atomic mass is 16.1. The summed E-state index contributed by atoms with van der Waals surface area (Å²) in [6.45, 7) is 4.89. The Hall–Kier alpha value is -3.86. The second-order valence-corrected chi connectivity index (χ2v) is 7.11. The number of nitrogens with two attached hydrogens (primary N) is 1. The number of pyridine rings is 2. The van der Waals surface area contributed by atoms with Gasteiger partial charge in [0, 0.05) is 57.3 Å². The molecule has 1 fully saturated rings. The van der Waals surface area contributed by atoms with Crippen molar-refractivity contribution in [2.45, 2.75) is 6.92 Å². The second-order valence-electron chi connectivity index (χ2n) is 7.11. The van der Waals surface area contributed by atoms with Gasteiger partial charge in [0.25, 0.3) is 5.56 Å². The fraction of sp³-hybridized carbons (Fsp3) is 0.273. The highest BCUT2D eigenvalue weighted by Gasteiger charge is 2.23. The van der Waals surface area contributed by atoms with Gasteiger partial charge in [-0.25, -0.2) is 4.98 Å². The van der Waals surface area contributed by atoms with E-state index in [2.05, 4.69) is 36.6 Å². The number of hydrogen-bond acceptors (Lipinski definition) is 7.